The van der Waals surface area contributed by atoms with Gasteiger partial charge in [-0.3, -0.25) is 0 Å². The van der Waals surface area contributed by atoms with Crippen molar-refractivity contribution in [1.29, 1.82) is 0 Å². The van der Waals surface area contributed by atoms with Gasteiger partial charge < -0.3 is 9.90 Å². The van der Waals surface area contributed by atoms with E-state index >= 15 is 0 Å². The fourth-order valence-corrected chi connectivity index (χ4v) is 2.73. The number of hydrogen-bond acceptors (Lipinski definition) is 2. The van der Waals surface area contributed by atoms with E-state index in [1.807, 2.05) is 13.8 Å². The van der Waals surface area contributed by atoms with Crippen LogP contribution in [0.5, 0.6) is 0 Å². The summed E-state index contributed by atoms with van der Waals surface area (Å²) in [4.78, 5) is 11.2. The molecule has 1 aliphatic carbocycles. The van der Waals surface area contributed by atoms with E-state index in [2.05, 4.69) is 0 Å². The van der Waals surface area contributed by atoms with Crippen molar-refractivity contribution in [2.24, 2.45) is 11.3 Å². The third kappa shape index (κ3) is 2.28. The highest BCUT2D eigenvalue weighted by Gasteiger charge is 2.35. The predicted octanol–water partition coefficient (Wildman–Crippen LogP) is 2.12. The number of carbonyl (C=O) groups excluding carboxylic acids is 1. The van der Waals surface area contributed by atoms with Crippen molar-refractivity contribution < 1.29 is 9.90 Å². The van der Waals surface area contributed by atoms with Crippen molar-refractivity contribution in [3.8, 4) is 0 Å². The summed E-state index contributed by atoms with van der Waals surface area (Å²) >= 11 is 0. The van der Waals surface area contributed by atoms with Gasteiger partial charge in [-0.1, -0.05) is 39.5 Å². The lowest BCUT2D eigenvalue weighted by atomic mass is 9.68. The van der Waals surface area contributed by atoms with Crippen molar-refractivity contribution >= 4 is 5.97 Å². The summed E-state index contributed by atoms with van der Waals surface area (Å²) < 4.78 is 0. The topological polar surface area (TPSA) is 40.1 Å². The maximum Gasteiger partial charge on any atom is 0.0476 e. The first-order valence-electron chi connectivity index (χ1n) is 5.82. The summed E-state index contributed by atoms with van der Waals surface area (Å²) in [6, 6.07) is 0. The fourth-order valence-electron chi connectivity index (χ4n) is 2.73. The Morgan fingerprint density at radius 1 is 1.36 bits per heavy atom. The van der Waals surface area contributed by atoms with Crippen molar-refractivity contribution in [2.45, 2.75) is 58.8 Å². The Balaban J connectivity index is 2.69. The van der Waals surface area contributed by atoms with Crippen LogP contribution in [0.15, 0.2) is 0 Å². The average molecular weight is 197 g/mol. The number of carboxylic acids is 1. The Hall–Kier alpha value is -0.530. The minimum absolute atomic E-state index is 0.348. The van der Waals surface area contributed by atoms with E-state index in [1.165, 1.54) is 19.3 Å². The van der Waals surface area contributed by atoms with Crippen molar-refractivity contribution in [1.82, 2.24) is 0 Å². The number of rotatable bonds is 4. The minimum atomic E-state index is -0.841. The monoisotopic (exact) mass is 197 g/mol. The quantitative estimate of drug-likeness (QED) is 0.692. The molecule has 2 heteroatoms. The van der Waals surface area contributed by atoms with E-state index in [-0.39, 0.29) is 0 Å². The lowest BCUT2D eigenvalue weighted by Crippen LogP contribution is -2.45. The standard InChI is InChI=1S/C12H22O2/c1-3-9-12(2,11(13)14)10-7-5-4-6-8-10/h10H,3-9H2,1-2H3,(H,13,14)/p-1. The molecule has 0 saturated heterocycles. The van der Waals surface area contributed by atoms with Gasteiger partial charge in [0.15, 0.2) is 0 Å². The van der Waals surface area contributed by atoms with E-state index in [9.17, 15) is 9.90 Å². The Bertz CT molecular complexity index is 194. The minimum Gasteiger partial charge on any atom is -0.550 e. The predicted molar refractivity (Wildman–Crippen MR) is 54.6 cm³/mol. The van der Waals surface area contributed by atoms with E-state index in [1.54, 1.807) is 0 Å². The lowest BCUT2D eigenvalue weighted by Gasteiger charge is -2.40. The van der Waals surface area contributed by atoms with Gasteiger partial charge in [0.25, 0.3) is 0 Å². The molecule has 0 N–H and O–H groups in total. The van der Waals surface area contributed by atoms with Gasteiger partial charge in [-0.2, -0.15) is 0 Å². The summed E-state index contributed by atoms with van der Waals surface area (Å²) in [7, 11) is 0. The first-order chi connectivity index (χ1) is 6.61. The Morgan fingerprint density at radius 2 is 1.93 bits per heavy atom. The molecule has 1 aliphatic rings. The summed E-state index contributed by atoms with van der Waals surface area (Å²) in [6.45, 7) is 3.92. The van der Waals surface area contributed by atoms with Gasteiger partial charge >= 0.3 is 0 Å². The second-order valence-electron chi connectivity index (χ2n) is 4.79. The molecule has 1 unspecified atom stereocenters. The number of carboxylic acid groups (broad SMARTS) is 1. The maximum absolute atomic E-state index is 11.2. The van der Waals surface area contributed by atoms with E-state index in [4.69, 9.17) is 0 Å². The molecule has 14 heavy (non-hydrogen) atoms. The summed E-state index contributed by atoms with van der Waals surface area (Å²) in [5.41, 5.74) is -0.574. The van der Waals surface area contributed by atoms with Crippen LogP contribution in [0, 0.1) is 11.3 Å². The molecule has 0 spiro atoms. The summed E-state index contributed by atoms with van der Waals surface area (Å²) in [5, 5.41) is 11.2. The van der Waals surface area contributed by atoms with Gasteiger partial charge in [0.2, 0.25) is 0 Å². The smallest absolute Gasteiger partial charge is 0.0476 e. The third-order valence-electron chi connectivity index (χ3n) is 3.74. The zero-order valence-corrected chi connectivity index (χ0v) is 9.34. The molecular formula is C12H21O2-. The van der Waals surface area contributed by atoms with Gasteiger partial charge in [0, 0.05) is 11.4 Å². The maximum atomic E-state index is 11.2. The molecule has 0 aromatic heterocycles. The zero-order chi connectivity index (χ0) is 10.6. The first-order valence-corrected chi connectivity index (χ1v) is 5.82. The van der Waals surface area contributed by atoms with Gasteiger partial charge in [0.05, 0.1) is 0 Å². The molecule has 0 amide bonds. The van der Waals surface area contributed by atoms with E-state index in [0.29, 0.717) is 5.92 Å². The van der Waals surface area contributed by atoms with Crippen LogP contribution in [0.4, 0.5) is 0 Å². The van der Waals surface area contributed by atoms with Gasteiger partial charge in [0.1, 0.15) is 0 Å². The number of hydrogen-bond donors (Lipinski definition) is 0. The van der Waals surface area contributed by atoms with Crippen LogP contribution in [0.2, 0.25) is 0 Å². The largest absolute Gasteiger partial charge is 0.550 e. The highest BCUT2D eigenvalue weighted by atomic mass is 16.4. The highest BCUT2D eigenvalue weighted by Crippen LogP contribution is 2.41. The molecule has 0 heterocycles. The number of carbonyl (C=O) groups is 1. The Morgan fingerprint density at radius 3 is 2.36 bits per heavy atom. The van der Waals surface area contributed by atoms with Crippen LogP contribution >= 0.6 is 0 Å². The third-order valence-corrected chi connectivity index (χ3v) is 3.74. The second-order valence-corrected chi connectivity index (χ2v) is 4.79. The fraction of sp³-hybridized carbons (Fsp3) is 0.917. The zero-order valence-electron chi connectivity index (χ0n) is 9.34. The highest BCUT2D eigenvalue weighted by molar-refractivity contribution is 5.72. The molecule has 0 aliphatic heterocycles. The molecule has 0 bridgehead atoms. The summed E-state index contributed by atoms with van der Waals surface area (Å²) in [6.07, 6.45) is 7.50. The Kier molecular flexibility index (Phi) is 3.97. The molecule has 82 valence electrons. The SMILES string of the molecule is CCCC(C)(C(=O)[O-])C1CCCCC1. The molecule has 0 aromatic carbocycles. The van der Waals surface area contributed by atoms with Crippen LogP contribution < -0.4 is 5.11 Å². The normalized spacial score (nSPS) is 23.0. The van der Waals surface area contributed by atoms with Crippen LogP contribution in [0.3, 0.4) is 0 Å². The van der Waals surface area contributed by atoms with Gasteiger partial charge in [-0.15, -0.1) is 0 Å². The molecule has 1 atom stereocenters. The molecule has 0 aromatic rings. The lowest BCUT2D eigenvalue weighted by molar-refractivity contribution is -0.322. The molecule has 0 radical (unpaired) electrons. The van der Waals surface area contributed by atoms with Gasteiger partial charge in [-0.05, 0) is 25.2 Å². The first kappa shape index (κ1) is 11.5. The average Bonchev–Trinajstić information content (AvgIpc) is 2.19. The van der Waals surface area contributed by atoms with E-state index in [0.717, 1.165) is 25.7 Å². The van der Waals surface area contributed by atoms with Crippen molar-refractivity contribution in [3.05, 3.63) is 0 Å². The van der Waals surface area contributed by atoms with Crippen molar-refractivity contribution in [2.75, 3.05) is 0 Å². The molecule has 1 saturated carbocycles. The van der Waals surface area contributed by atoms with E-state index < -0.39 is 11.4 Å². The molecule has 1 fully saturated rings. The Labute approximate surface area is 86.7 Å². The van der Waals surface area contributed by atoms with Crippen LogP contribution in [0.1, 0.15) is 58.8 Å². The molecule has 2 nitrogen and oxygen atoms in total. The second kappa shape index (κ2) is 4.81. The van der Waals surface area contributed by atoms with Crippen LogP contribution in [-0.4, -0.2) is 5.97 Å². The van der Waals surface area contributed by atoms with Crippen LogP contribution in [-0.2, 0) is 4.79 Å². The van der Waals surface area contributed by atoms with Gasteiger partial charge in [-0.25, -0.2) is 0 Å². The number of aliphatic carboxylic acids is 1. The molecular weight excluding hydrogens is 176 g/mol. The van der Waals surface area contributed by atoms with Crippen LogP contribution in [0.25, 0.3) is 0 Å². The summed E-state index contributed by atoms with van der Waals surface area (Å²) in [5.74, 6) is -0.493. The van der Waals surface area contributed by atoms with Crippen molar-refractivity contribution in [3.63, 3.8) is 0 Å². The molecule has 1 rings (SSSR count).